The Kier molecular flexibility index (Phi) is 7.30. The zero-order valence-corrected chi connectivity index (χ0v) is 27.2. The molecule has 230 valence electrons. The van der Waals surface area contributed by atoms with Gasteiger partial charge < -0.3 is 0 Å². The summed E-state index contributed by atoms with van der Waals surface area (Å²) in [6.45, 7) is 0. The summed E-state index contributed by atoms with van der Waals surface area (Å²) in [6.07, 6.45) is 1.84. The molecular weight excluding hydrogens is 617 g/mol. The molecule has 0 spiro atoms. The number of benzene rings is 6. The van der Waals surface area contributed by atoms with Gasteiger partial charge in [0.25, 0.3) is 0 Å². The van der Waals surface area contributed by atoms with Crippen molar-refractivity contribution in [1.82, 2.24) is 19.9 Å². The topological polar surface area (TPSA) is 51.6 Å². The van der Waals surface area contributed by atoms with Crippen LogP contribution >= 0.6 is 11.3 Å². The summed E-state index contributed by atoms with van der Waals surface area (Å²) in [4.78, 5) is 19.8. The van der Waals surface area contributed by atoms with Crippen LogP contribution in [0.1, 0.15) is 0 Å². The fourth-order valence-electron chi connectivity index (χ4n) is 6.42. The Morgan fingerprint density at radius 3 is 1.37 bits per heavy atom. The van der Waals surface area contributed by atoms with Gasteiger partial charge in [-0.2, -0.15) is 0 Å². The molecule has 0 saturated heterocycles. The third-order valence-corrected chi connectivity index (χ3v) is 10.1. The first-order valence-corrected chi connectivity index (χ1v) is 17.0. The molecule has 4 nitrogen and oxygen atoms in total. The standard InChI is InChI=1S/C44H28N4S/c1-4-14-29(15-5-1)35-20-12-22-37-38-23-13-21-36(41(38)49-40(35)37)32-26-33(39-24-10-11-25-45-39)28-34(27-32)44-47-42(30-16-6-2-7-17-30)46-43(48-44)31-18-8-3-9-19-31/h1-28H. The Labute approximate surface area is 288 Å². The van der Waals surface area contributed by atoms with Crippen molar-refractivity contribution in [3.63, 3.8) is 0 Å². The van der Waals surface area contributed by atoms with E-state index in [1.807, 2.05) is 96.4 Å². The summed E-state index contributed by atoms with van der Waals surface area (Å²) in [5, 5.41) is 2.51. The van der Waals surface area contributed by atoms with E-state index in [0.717, 1.165) is 39.1 Å². The average Bonchev–Trinajstić information content (AvgIpc) is 3.58. The summed E-state index contributed by atoms with van der Waals surface area (Å²) in [5.41, 5.74) is 9.39. The molecule has 9 aromatic rings. The van der Waals surface area contributed by atoms with Gasteiger partial charge in [-0.1, -0.05) is 133 Å². The Balaban J connectivity index is 1.28. The molecule has 0 fully saturated rings. The van der Waals surface area contributed by atoms with Gasteiger partial charge >= 0.3 is 0 Å². The molecule has 0 bridgehead atoms. The largest absolute Gasteiger partial charge is 0.256 e. The molecule has 0 aliphatic heterocycles. The Morgan fingerprint density at radius 2 is 0.816 bits per heavy atom. The van der Waals surface area contributed by atoms with Crippen LogP contribution in [0.5, 0.6) is 0 Å². The second-order valence-corrected chi connectivity index (χ2v) is 12.9. The van der Waals surface area contributed by atoms with Crippen LogP contribution in [0.2, 0.25) is 0 Å². The van der Waals surface area contributed by atoms with E-state index in [9.17, 15) is 0 Å². The lowest BCUT2D eigenvalue weighted by atomic mass is 9.96. The molecule has 0 radical (unpaired) electrons. The molecule has 9 rings (SSSR count). The summed E-state index contributed by atoms with van der Waals surface area (Å²) in [7, 11) is 0. The maximum atomic E-state index is 5.07. The third-order valence-electron chi connectivity index (χ3n) is 8.77. The van der Waals surface area contributed by atoms with E-state index < -0.39 is 0 Å². The normalized spacial score (nSPS) is 11.3. The Morgan fingerprint density at radius 1 is 0.347 bits per heavy atom. The van der Waals surface area contributed by atoms with Crippen LogP contribution in [0.25, 0.3) is 87.8 Å². The van der Waals surface area contributed by atoms with E-state index >= 15 is 0 Å². The number of hydrogen-bond donors (Lipinski definition) is 0. The van der Waals surface area contributed by atoms with Gasteiger partial charge in [-0.3, -0.25) is 4.98 Å². The Bertz CT molecular complexity index is 2530. The molecule has 6 aromatic carbocycles. The van der Waals surface area contributed by atoms with Crippen molar-refractivity contribution in [3.05, 3.63) is 170 Å². The highest BCUT2D eigenvalue weighted by Gasteiger charge is 2.18. The van der Waals surface area contributed by atoms with Crippen molar-refractivity contribution in [1.29, 1.82) is 0 Å². The van der Waals surface area contributed by atoms with Gasteiger partial charge in [0.05, 0.1) is 5.69 Å². The van der Waals surface area contributed by atoms with E-state index in [1.54, 1.807) is 0 Å². The fourth-order valence-corrected chi connectivity index (χ4v) is 7.80. The smallest absolute Gasteiger partial charge is 0.164 e. The first-order valence-electron chi connectivity index (χ1n) is 16.2. The van der Waals surface area contributed by atoms with Gasteiger partial charge in [0, 0.05) is 48.6 Å². The van der Waals surface area contributed by atoms with Crippen LogP contribution in [0, 0.1) is 0 Å². The van der Waals surface area contributed by atoms with E-state index in [0.29, 0.717) is 17.5 Å². The van der Waals surface area contributed by atoms with Crippen molar-refractivity contribution < 1.29 is 0 Å². The minimum absolute atomic E-state index is 0.613. The molecule has 3 aromatic heterocycles. The number of pyridine rings is 1. The number of nitrogens with zero attached hydrogens (tertiary/aromatic N) is 4. The van der Waals surface area contributed by atoms with Crippen molar-refractivity contribution in [2.24, 2.45) is 0 Å². The van der Waals surface area contributed by atoms with Crippen LogP contribution in [0.15, 0.2) is 170 Å². The van der Waals surface area contributed by atoms with Gasteiger partial charge in [0.2, 0.25) is 0 Å². The average molecular weight is 645 g/mol. The molecule has 0 unspecified atom stereocenters. The van der Waals surface area contributed by atoms with Crippen LogP contribution in [-0.4, -0.2) is 19.9 Å². The molecule has 49 heavy (non-hydrogen) atoms. The van der Waals surface area contributed by atoms with Gasteiger partial charge in [0.15, 0.2) is 17.5 Å². The molecule has 0 saturated carbocycles. The number of aromatic nitrogens is 4. The quantitative estimate of drug-likeness (QED) is 0.181. The lowest BCUT2D eigenvalue weighted by molar-refractivity contribution is 1.07. The summed E-state index contributed by atoms with van der Waals surface area (Å²) in [5.74, 6) is 1.88. The lowest BCUT2D eigenvalue weighted by Crippen LogP contribution is -2.00. The molecule has 3 heterocycles. The SMILES string of the molecule is c1ccc(-c2nc(-c3ccccc3)nc(-c3cc(-c4ccccn4)cc(-c4cccc5c4sc4c(-c6ccccc6)cccc45)c3)n2)cc1. The van der Waals surface area contributed by atoms with Crippen LogP contribution < -0.4 is 0 Å². The number of rotatable bonds is 6. The zero-order chi connectivity index (χ0) is 32.6. The highest BCUT2D eigenvalue weighted by atomic mass is 32.1. The summed E-state index contributed by atoms with van der Waals surface area (Å²) < 4.78 is 2.53. The molecule has 0 N–H and O–H groups in total. The van der Waals surface area contributed by atoms with Gasteiger partial charge in [-0.15, -0.1) is 11.3 Å². The molecule has 0 aliphatic carbocycles. The fraction of sp³-hybridized carbons (Fsp3) is 0. The predicted octanol–water partition coefficient (Wildman–Crippen LogP) is 11.6. The molecule has 0 aliphatic rings. The maximum Gasteiger partial charge on any atom is 0.164 e. The minimum Gasteiger partial charge on any atom is -0.256 e. The molecule has 0 atom stereocenters. The first kappa shape index (κ1) is 28.9. The number of thiophene rings is 1. The van der Waals surface area contributed by atoms with E-state index in [2.05, 4.69) is 84.9 Å². The third kappa shape index (κ3) is 5.46. The van der Waals surface area contributed by atoms with E-state index in [4.69, 9.17) is 19.9 Å². The lowest BCUT2D eigenvalue weighted by Gasteiger charge is -2.12. The monoisotopic (exact) mass is 644 g/mol. The highest BCUT2D eigenvalue weighted by Crippen LogP contribution is 2.44. The van der Waals surface area contributed by atoms with E-state index in [1.165, 1.54) is 31.3 Å². The summed E-state index contributed by atoms with van der Waals surface area (Å²) in [6, 6.07) is 56.7. The van der Waals surface area contributed by atoms with Crippen molar-refractivity contribution >= 4 is 31.5 Å². The predicted molar refractivity (Wildman–Crippen MR) is 203 cm³/mol. The van der Waals surface area contributed by atoms with Crippen LogP contribution in [0.4, 0.5) is 0 Å². The van der Waals surface area contributed by atoms with Gasteiger partial charge in [-0.05, 0) is 52.6 Å². The highest BCUT2D eigenvalue weighted by molar-refractivity contribution is 7.26. The van der Waals surface area contributed by atoms with Crippen molar-refractivity contribution in [2.75, 3.05) is 0 Å². The summed E-state index contributed by atoms with van der Waals surface area (Å²) >= 11 is 1.85. The first-order chi connectivity index (χ1) is 24.3. The molecular formula is C44H28N4S. The van der Waals surface area contributed by atoms with Crippen molar-refractivity contribution in [2.45, 2.75) is 0 Å². The molecule has 0 amide bonds. The minimum atomic E-state index is 0.613. The van der Waals surface area contributed by atoms with Crippen molar-refractivity contribution in [3.8, 4) is 67.7 Å². The number of hydrogen-bond acceptors (Lipinski definition) is 5. The second-order valence-electron chi connectivity index (χ2n) is 11.9. The second kappa shape index (κ2) is 12.4. The van der Waals surface area contributed by atoms with Crippen LogP contribution in [0.3, 0.4) is 0 Å². The van der Waals surface area contributed by atoms with E-state index in [-0.39, 0.29) is 0 Å². The maximum absolute atomic E-state index is 5.07. The number of fused-ring (bicyclic) bond motifs is 3. The zero-order valence-electron chi connectivity index (χ0n) is 26.4. The van der Waals surface area contributed by atoms with Gasteiger partial charge in [0.1, 0.15) is 0 Å². The van der Waals surface area contributed by atoms with Gasteiger partial charge in [-0.25, -0.2) is 15.0 Å². The molecule has 5 heteroatoms. The van der Waals surface area contributed by atoms with Crippen LogP contribution in [-0.2, 0) is 0 Å². The Hall–Kier alpha value is -6.30.